The Morgan fingerprint density at radius 2 is 1.56 bits per heavy atom. The van der Waals surface area contributed by atoms with Gasteiger partial charge in [-0.05, 0) is 53.9 Å². The van der Waals surface area contributed by atoms with E-state index in [2.05, 4.69) is 5.32 Å². The lowest BCUT2D eigenvalue weighted by molar-refractivity contribution is 0.102. The lowest BCUT2D eigenvalue weighted by Crippen LogP contribution is -2.26. The molecule has 0 aliphatic rings. The van der Waals surface area contributed by atoms with Crippen LogP contribution < -0.4 is 14.4 Å². The number of amides is 1. The van der Waals surface area contributed by atoms with E-state index in [1.165, 1.54) is 23.5 Å². The second-order valence-corrected chi connectivity index (χ2v) is 9.15. The monoisotopic (exact) mass is 446 g/mol. The molecular weight excluding hydrogens is 424 g/mol. The molecule has 0 aliphatic heterocycles. The average molecular weight is 447 g/mol. The van der Waals surface area contributed by atoms with Crippen molar-refractivity contribution in [1.29, 1.82) is 0 Å². The zero-order valence-corrected chi connectivity index (χ0v) is 18.5. The number of anilines is 2. The highest BCUT2D eigenvalue weighted by Crippen LogP contribution is 2.26. The second-order valence-electron chi connectivity index (χ2n) is 7.18. The van der Waals surface area contributed by atoms with Gasteiger partial charge in [-0.3, -0.25) is 9.10 Å². The molecule has 1 amide bonds. The van der Waals surface area contributed by atoms with Gasteiger partial charge in [0.15, 0.2) is 0 Å². The fraction of sp³-hybridized carbons (Fsp3) is 0.0800. The standard InChI is InChI=1S/C25H22N2O4S/c1-27(20-13-15-21(31-2)16-14-20)32(29,30)22-10-5-9-19(17-22)25(28)26-24-12-6-8-18-7-3-4-11-23(18)24/h3-17H,1-2H3,(H,26,28). The predicted molar refractivity (Wildman–Crippen MR) is 127 cm³/mol. The third-order valence-electron chi connectivity index (χ3n) is 5.23. The van der Waals surface area contributed by atoms with Crippen molar-refractivity contribution in [2.24, 2.45) is 0 Å². The summed E-state index contributed by atoms with van der Waals surface area (Å²) in [5, 5.41) is 4.80. The Labute approximate surface area is 187 Å². The molecule has 0 saturated carbocycles. The molecule has 4 aromatic rings. The van der Waals surface area contributed by atoms with E-state index >= 15 is 0 Å². The van der Waals surface area contributed by atoms with E-state index in [0.29, 0.717) is 17.1 Å². The first-order chi connectivity index (χ1) is 15.4. The third-order valence-corrected chi connectivity index (χ3v) is 7.01. The Kier molecular flexibility index (Phi) is 5.83. The maximum Gasteiger partial charge on any atom is 0.264 e. The van der Waals surface area contributed by atoms with Gasteiger partial charge in [-0.1, -0.05) is 42.5 Å². The topological polar surface area (TPSA) is 75.7 Å². The fourth-order valence-corrected chi connectivity index (χ4v) is 4.66. The van der Waals surface area contributed by atoms with Gasteiger partial charge in [0.1, 0.15) is 5.75 Å². The van der Waals surface area contributed by atoms with E-state index in [0.717, 1.165) is 10.8 Å². The molecule has 32 heavy (non-hydrogen) atoms. The minimum atomic E-state index is -3.86. The summed E-state index contributed by atoms with van der Waals surface area (Å²) in [4.78, 5) is 12.9. The minimum Gasteiger partial charge on any atom is -0.497 e. The summed E-state index contributed by atoms with van der Waals surface area (Å²) in [5.74, 6) is 0.247. The van der Waals surface area contributed by atoms with Gasteiger partial charge >= 0.3 is 0 Å². The minimum absolute atomic E-state index is 0.0291. The largest absolute Gasteiger partial charge is 0.497 e. The van der Waals surface area contributed by atoms with E-state index in [-0.39, 0.29) is 16.4 Å². The number of rotatable bonds is 6. The molecule has 1 N–H and O–H groups in total. The molecule has 0 heterocycles. The summed E-state index contributed by atoms with van der Waals surface area (Å²) in [7, 11) is -0.845. The average Bonchev–Trinajstić information content (AvgIpc) is 2.84. The Morgan fingerprint density at radius 1 is 0.875 bits per heavy atom. The number of benzene rings is 4. The molecule has 0 fully saturated rings. The van der Waals surface area contributed by atoms with Crippen LogP contribution in [0.4, 0.5) is 11.4 Å². The Hall–Kier alpha value is -3.84. The van der Waals surface area contributed by atoms with Crippen LogP contribution in [0.2, 0.25) is 0 Å². The molecule has 0 unspecified atom stereocenters. The lowest BCUT2D eigenvalue weighted by Gasteiger charge is -2.20. The molecule has 0 saturated heterocycles. The van der Waals surface area contributed by atoms with Crippen molar-refractivity contribution in [3.05, 3.63) is 96.6 Å². The Morgan fingerprint density at radius 3 is 2.31 bits per heavy atom. The number of hydrogen-bond acceptors (Lipinski definition) is 4. The van der Waals surface area contributed by atoms with Crippen molar-refractivity contribution in [2.75, 3.05) is 23.8 Å². The van der Waals surface area contributed by atoms with Gasteiger partial charge in [0, 0.05) is 23.7 Å². The first-order valence-electron chi connectivity index (χ1n) is 9.92. The Balaban J connectivity index is 1.61. The van der Waals surface area contributed by atoms with E-state index in [1.807, 2.05) is 42.5 Å². The number of nitrogens with zero attached hydrogens (tertiary/aromatic N) is 1. The third kappa shape index (κ3) is 4.15. The van der Waals surface area contributed by atoms with Gasteiger partial charge in [0.2, 0.25) is 0 Å². The van der Waals surface area contributed by atoms with E-state index < -0.39 is 10.0 Å². The van der Waals surface area contributed by atoms with Crippen LogP contribution >= 0.6 is 0 Å². The van der Waals surface area contributed by atoms with Crippen LogP contribution in [0, 0.1) is 0 Å². The first-order valence-corrected chi connectivity index (χ1v) is 11.4. The number of ether oxygens (including phenoxy) is 1. The number of sulfonamides is 1. The molecule has 162 valence electrons. The molecule has 0 aromatic heterocycles. The SMILES string of the molecule is COc1ccc(N(C)S(=O)(=O)c2cccc(C(=O)Nc3cccc4ccccc34)c2)cc1. The van der Waals surface area contributed by atoms with Crippen LogP contribution in [0.25, 0.3) is 10.8 Å². The highest BCUT2D eigenvalue weighted by Gasteiger charge is 2.22. The van der Waals surface area contributed by atoms with Gasteiger partial charge in [-0.25, -0.2) is 8.42 Å². The summed E-state index contributed by atoms with van der Waals surface area (Å²) < 4.78 is 32.6. The number of hydrogen-bond donors (Lipinski definition) is 1. The van der Waals surface area contributed by atoms with Crippen molar-refractivity contribution in [3.8, 4) is 5.75 Å². The highest BCUT2D eigenvalue weighted by atomic mass is 32.2. The van der Waals surface area contributed by atoms with Crippen LogP contribution in [-0.4, -0.2) is 28.5 Å². The molecule has 0 bridgehead atoms. The van der Waals surface area contributed by atoms with Crippen molar-refractivity contribution in [2.45, 2.75) is 4.90 Å². The molecule has 4 rings (SSSR count). The first kappa shape index (κ1) is 21.4. The highest BCUT2D eigenvalue weighted by molar-refractivity contribution is 7.92. The van der Waals surface area contributed by atoms with Crippen LogP contribution in [0.1, 0.15) is 10.4 Å². The van der Waals surface area contributed by atoms with Crippen molar-refractivity contribution in [3.63, 3.8) is 0 Å². The summed E-state index contributed by atoms with van der Waals surface area (Å²) in [6, 6.07) is 26.1. The van der Waals surface area contributed by atoms with E-state index in [4.69, 9.17) is 4.74 Å². The summed E-state index contributed by atoms with van der Waals surface area (Å²) in [6.07, 6.45) is 0. The molecular formula is C25H22N2O4S. The van der Waals surface area contributed by atoms with Crippen LogP contribution in [-0.2, 0) is 10.0 Å². The maximum atomic E-state index is 13.2. The zero-order chi connectivity index (χ0) is 22.7. The molecule has 0 atom stereocenters. The quantitative estimate of drug-likeness (QED) is 0.456. The number of carbonyl (C=O) groups is 1. The van der Waals surface area contributed by atoms with Crippen LogP contribution in [0.5, 0.6) is 5.75 Å². The summed E-state index contributed by atoms with van der Waals surface area (Å²) >= 11 is 0. The van der Waals surface area contributed by atoms with Gasteiger partial charge in [0.25, 0.3) is 15.9 Å². The smallest absolute Gasteiger partial charge is 0.264 e. The number of carbonyl (C=O) groups excluding carboxylic acids is 1. The van der Waals surface area contributed by atoms with Crippen molar-refractivity contribution in [1.82, 2.24) is 0 Å². The van der Waals surface area contributed by atoms with Crippen LogP contribution in [0.15, 0.2) is 95.9 Å². The molecule has 7 heteroatoms. The maximum absolute atomic E-state index is 13.2. The molecule has 4 aromatic carbocycles. The van der Waals surface area contributed by atoms with E-state index in [9.17, 15) is 13.2 Å². The summed E-state index contributed by atoms with van der Waals surface area (Å²) in [6.45, 7) is 0. The van der Waals surface area contributed by atoms with Crippen LogP contribution in [0.3, 0.4) is 0 Å². The van der Waals surface area contributed by atoms with Gasteiger partial charge in [-0.15, -0.1) is 0 Å². The molecule has 0 radical (unpaired) electrons. The molecule has 0 aliphatic carbocycles. The number of nitrogens with one attached hydrogen (secondary N) is 1. The van der Waals surface area contributed by atoms with Crippen molar-refractivity contribution >= 4 is 38.1 Å². The predicted octanol–water partition coefficient (Wildman–Crippen LogP) is 4.93. The van der Waals surface area contributed by atoms with E-state index in [1.54, 1.807) is 43.5 Å². The molecule has 6 nitrogen and oxygen atoms in total. The van der Waals surface area contributed by atoms with Crippen molar-refractivity contribution < 1.29 is 17.9 Å². The number of fused-ring (bicyclic) bond motifs is 1. The summed E-state index contributed by atoms with van der Waals surface area (Å²) in [5.41, 5.74) is 1.40. The lowest BCUT2D eigenvalue weighted by atomic mass is 10.1. The zero-order valence-electron chi connectivity index (χ0n) is 17.6. The van der Waals surface area contributed by atoms with Gasteiger partial charge in [0.05, 0.1) is 17.7 Å². The van der Waals surface area contributed by atoms with Gasteiger partial charge < -0.3 is 10.1 Å². The second kappa shape index (κ2) is 8.72. The Bertz CT molecular complexity index is 1380. The number of methoxy groups -OCH3 is 1. The normalized spacial score (nSPS) is 11.2. The fourth-order valence-electron chi connectivity index (χ4n) is 3.42. The molecule has 0 spiro atoms. The van der Waals surface area contributed by atoms with Gasteiger partial charge in [-0.2, -0.15) is 0 Å².